The van der Waals surface area contributed by atoms with Crippen molar-refractivity contribution in [3.63, 3.8) is 0 Å². The van der Waals surface area contributed by atoms with Gasteiger partial charge in [-0.15, -0.1) is 12.3 Å². The molecule has 1 atom stereocenters. The fourth-order valence-electron chi connectivity index (χ4n) is 1.38. The Kier molecular flexibility index (Phi) is 3.93. The highest BCUT2D eigenvalue weighted by Crippen LogP contribution is 2.26. The van der Waals surface area contributed by atoms with Crippen LogP contribution in [0.4, 0.5) is 0 Å². The zero-order valence-corrected chi connectivity index (χ0v) is 8.12. The molecular formula is C9H16N2S. The van der Waals surface area contributed by atoms with Gasteiger partial charge in [0.15, 0.2) is 0 Å². The van der Waals surface area contributed by atoms with Crippen LogP contribution in [0, 0.1) is 12.3 Å². The van der Waals surface area contributed by atoms with Crippen molar-refractivity contribution in [2.24, 2.45) is 5.73 Å². The van der Waals surface area contributed by atoms with Crippen LogP contribution in [0.15, 0.2) is 0 Å². The van der Waals surface area contributed by atoms with E-state index in [1.807, 2.05) is 11.8 Å². The first kappa shape index (κ1) is 9.91. The van der Waals surface area contributed by atoms with Crippen LogP contribution in [0.1, 0.15) is 12.8 Å². The number of rotatable bonds is 4. The van der Waals surface area contributed by atoms with Crippen molar-refractivity contribution in [2.75, 3.05) is 24.6 Å². The number of terminal acetylenes is 1. The van der Waals surface area contributed by atoms with E-state index in [1.54, 1.807) is 0 Å². The van der Waals surface area contributed by atoms with Crippen molar-refractivity contribution >= 4 is 11.8 Å². The van der Waals surface area contributed by atoms with E-state index < -0.39 is 0 Å². The lowest BCUT2D eigenvalue weighted by atomic mass is 9.99. The van der Waals surface area contributed by atoms with Crippen LogP contribution in [-0.2, 0) is 0 Å². The van der Waals surface area contributed by atoms with Crippen molar-refractivity contribution < 1.29 is 0 Å². The zero-order valence-electron chi connectivity index (χ0n) is 7.31. The van der Waals surface area contributed by atoms with E-state index in [1.165, 1.54) is 12.2 Å². The van der Waals surface area contributed by atoms with Gasteiger partial charge in [-0.2, -0.15) is 11.8 Å². The van der Waals surface area contributed by atoms with Crippen molar-refractivity contribution in [2.45, 2.75) is 18.4 Å². The second kappa shape index (κ2) is 4.76. The van der Waals surface area contributed by atoms with Gasteiger partial charge in [0.2, 0.25) is 0 Å². The molecule has 1 aliphatic rings. The molecule has 1 rings (SSSR count). The lowest BCUT2D eigenvalue weighted by Gasteiger charge is -2.27. The molecule has 12 heavy (non-hydrogen) atoms. The van der Waals surface area contributed by atoms with Crippen LogP contribution in [-0.4, -0.2) is 30.1 Å². The number of hydrogen-bond acceptors (Lipinski definition) is 3. The molecule has 3 N–H and O–H groups in total. The van der Waals surface area contributed by atoms with Gasteiger partial charge in [0.1, 0.15) is 0 Å². The normalized spacial score (nSPS) is 28.7. The van der Waals surface area contributed by atoms with Gasteiger partial charge in [0.25, 0.3) is 0 Å². The maximum Gasteiger partial charge on any atom is 0.0403 e. The van der Waals surface area contributed by atoms with Crippen molar-refractivity contribution in [1.82, 2.24) is 5.32 Å². The highest BCUT2D eigenvalue weighted by atomic mass is 32.2. The molecule has 1 fully saturated rings. The summed E-state index contributed by atoms with van der Waals surface area (Å²) in [5, 5.41) is 3.46. The van der Waals surface area contributed by atoms with Crippen molar-refractivity contribution in [3.8, 4) is 12.3 Å². The highest BCUT2D eigenvalue weighted by molar-refractivity contribution is 7.99. The molecule has 3 heteroatoms. The average molecular weight is 184 g/mol. The standard InChI is InChI=1S/C9H16N2S/c1-2-3-5-11-9(7-10)4-6-12-8-9/h1,11H,3-8,10H2. The highest BCUT2D eigenvalue weighted by Gasteiger charge is 2.31. The van der Waals surface area contributed by atoms with Gasteiger partial charge in [0, 0.05) is 30.8 Å². The molecule has 68 valence electrons. The fraction of sp³-hybridized carbons (Fsp3) is 0.778. The Morgan fingerprint density at radius 2 is 2.50 bits per heavy atom. The minimum absolute atomic E-state index is 0.182. The summed E-state index contributed by atoms with van der Waals surface area (Å²) in [5.74, 6) is 4.98. The molecule has 1 saturated heterocycles. The van der Waals surface area contributed by atoms with E-state index in [2.05, 4.69) is 11.2 Å². The molecule has 0 saturated carbocycles. The molecule has 0 spiro atoms. The number of nitrogens with two attached hydrogens (primary N) is 1. The van der Waals surface area contributed by atoms with Crippen molar-refractivity contribution in [1.29, 1.82) is 0 Å². The Balaban J connectivity index is 2.30. The van der Waals surface area contributed by atoms with Crippen LogP contribution in [0.5, 0.6) is 0 Å². The van der Waals surface area contributed by atoms with Gasteiger partial charge in [-0.1, -0.05) is 0 Å². The summed E-state index contributed by atoms with van der Waals surface area (Å²) in [5.41, 5.74) is 5.91. The first-order valence-corrected chi connectivity index (χ1v) is 5.45. The summed E-state index contributed by atoms with van der Waals surface area (Å²) in [7, 11) is 0. The van der Waals surface area contributed by atoms with Gasteiger partial charge < -0.3 is 11.1 Å². The molecule has 0 aromatic heterocycles. The molecule has 2 nitrogen and oxygen atoms in total. The van der Waals surface area contributed by atoms with Crippen molar-refractivity contribution in [3.05, 3.63) is 0 Å². The Hall–Kier alpha value is -0.170. The summed E-state index contributed by atoms with van der Waals surface area (Å²) in [6.45, 7) is 1.62. The first-order chi connectivity index (χ1) is 5.83. The minimum Gasteiger partial charge on any atom is -0.329 e. The lowest BCUT2D eigenvalue weighted by molar-refractivity contribution is 0.378. The maximum atomic E-state index is 5.72. The van der Waals surface area contributed by atoms with E-state index in [9.17, 15) is 0 Å². The van der Waals surface area contributed by atoms with E-state index in [-0.39, 0.29) is 5.54 Å². The molecule has 0 aromatic carbocycles. The third-order valence-corrected chi connectivity index (χ3v) is 3.51. The number of hydrogen-bond donors (Lipinski definition) is 2. The maximum absolute atomic E-state index is 5.72. The molecular weight excluding hydrogens is 168 g/mol. The second-order valence-electron chi connectivity index (χ2n) is 3.17. The van der Waals surface area contributed by atoms with E-state index in [4.69, 9.17) is 12.2 Å². The summed E-state index contributed by atoms with van der Waals surface area (Å²) >= 11 is 1.97. The SMILES string of the molecule is C#CCCNC1(CN)CCSC1. The third-order valence-electron chi connectivity index (χ3n) is 2.26. The Bertz CT molecular complexity index is 168. The third kappa shape index (κ3) is 2.41. The monoisotopic (exact) mass is 184 g/mol. The molecule has 0 aromatic rings. The van der Waals surface area contributed by atoms with E-state index in [0.29, 0.717) is 0 Å². The number of thioether (sulfide) groups is 1. The van der Waals surface area contributed by atoms with Gasteiger partial charge in [-0.3, -0.25) is 0 Å². The number of nitrogens with one attached hydrogen (secondary N) is 1. The van der Waals surface area contributed by atoms with Gasteiger partial charge in [0.05, 0.1) is 0 Å². The minimum atomic E-state index is 0.182. The topological polar surface area (TPSA) is 38.0 Å². The summed E-state index contributed by atoms with van der Waals surface area (Å²) < 4.78 is 0. The zero-order chi connectivity index (χ0) is 8.86. The largest absolute Gasteiger partial charge is 0.329 e. The average Bonchev–Trinajstić information content (AvgIpc) is 2.55. The Morgan fingerprint density at radius 3 is 3.00 bits per heavy atom. The fourth-order valence-corrected chi connectivity index (χ4v) is 2.81. The van der Waals surface area contributed by atoms with Crippen LogP contribution < -0.4 is 11.1 Å². The van der Waals surface area contributed by atoms with E-state index in [0.717, 1.165) is 25.3 Å². The lowest BCUT2D eigenvalue weighted by Crippen LogP contribution is -2.51. The molecule has 0 aliphatic carbocycles. The first-order valence-electron chi connectivity index (χ1n) is 4.29. The van der Waals surface area contributed by atoms with Crippen LogP contribution in [0.3, 0.4) is 0 Å². The van der Waals surface area contributed by atoms with Gasteiger partial charge in [-0.25, -0.2) is 0 Å². The van der Waals surface area contributed by atoms with Crippen LogP contribution in [0.2, 0.25) is 0 Å². The van der Waals surface area contributed by atoms with Gasteiger partial charge >= 0.3 is 0 Å². The smallest absolute Gasteiger partial charge is 0.0403 e. The molecule has 1 aliphatic heterocycles. The molecule has 1 unspecified atom stereocenters. The molecule has 0 radical (unpaired) electrons. The van der Waals surface area contributed by atoms with Gasteiger partial charge in [-0.05, 0) is 12.2 Å². The molecule has 1 heterocycles. The molecule has 0 bridgehead atoms. The van der Waals surface area contributed by atoms with Crippen LogP contribution in [0.25, 0.3) is 0 Å². The van der Waals surface area contributed by atoms with Crippen LogP contribution >= 0.6 is 11.8 Å². The second-order valence-corrected chi connectivity index (χ2v) is 4.27. The summed E-state index contributed by atoms with van der Waals surface area (Å²) in [4.78, 5) is 0. The quantitative estimate of drug-likeness (QED) is 0.492. The predicted molar refractivity (Wildman–Crippen MR) is 55.2 cm³/mol. The summed E-state index contributed by atoms with van der Waals surface area (Å²) in [6, 6.07) is 0. The molecule has 0 amide bonds. The van der Waals surface area contributed by atoms with E-state index >= 15 is 0 Å². The Labute approximate surface area is 78.7 Å². The Morgan fingerprint density at radius 1 is 1.67 bits per heavy atom. The predicted octanol–water partition coefficient (Wildman–Crippen LogP) is 0.434. The summed E-state index contributed by atoms with van der Waals surface area (Å²) in [6.07, 6.45) is 7.15.